The van der Waals surface area contributed by atoms with Gasteiger partial charge < -0.3 is 4.74 Å². The summed E-state index contributed by atoms with van der Waals surface area (Å²) >= 11 is 0. The van der Waals surface area contributed by atoms with E-state index in [1.165, 1.54) is 6.26 Å². The van der Waals surface area contributed by atoms with E-state index in [0.717, 1.165) is 17.6 Å². The van der Waals surface area contributed by atoms with Crippen LogP contribution in [-0.2, 0) is 14.6 Å². The maximum atomic E-state index is 12.7. The Balaban J connectivity index is 2.25. The zero-order chi connectivity index (χ0) is 20.6. The minimum absolute atomic E-state index is 0.0272. The SMILES string of the molecule is CC[C@@H](O[C@H](CC(=O)c1ccccc1)/C(C)=C\CS(C)(=O)=O)c1ccccc1. The number of ketones is 1. The Hall–Kier alpha value is -2.24. The van der Waals surface area contributed by atoms with E-state index in [1.807, 2.05) is 62.4 Å². The van der Waals surface area contributed by atoms with E-state index in [2.05, 4.69) is 0 Å². The highest BCUT2D eigenvalue weighted by molar-refractivity contribution is 7.90. The average Bonchev–Trinajstić information content (AvgIpc) is 2.69. The van der Waals surface area contributed by atoms with Gasteiger partial charge in [-0.25, -0.2) is 8.42 Å². The lowest BCUT2D eigenvalue weighted by atomic mass is 9.99. The van der Waals surface area contributed by atoms with Gasteiger partial charge in [0.1, 0.15) is 0 Å². The monoisotopic (exact) mass is 400 g/mol. The van der Waals surface area contributed by atoms with Crippen LogP contribution in [0.15, 0.2) is 72.3 Å². The number of carbonyl (C=O) groups excluding carboxylic acids is 1. The van der Waals surface area contributed by atoms with Gasteiger partial charge in [-0.15, -0.1) is 0 Å². The maximum Gasteiger partial charge on any atom is 0.165 e. The standard InChI is InChI=1S/C23H28O4S/c1-4-22(20-13-9-6-10-14-20)27-23(18(2)15-16-28(3,25)26)17-21(24)19-11-7-5-8-12-19/h5-15,22-23H,4,16-17H2,1-3H3/b18-15-/t22-,23-/m1/s1. The molecule has 4 nitrogen and oxygen atoms in total. The van der Waals surface area contributed by atoms with Crippen LogP contribution in [0.4, 0.5) is 0 Å². The topological polar surface area (TPSA) is 60.4 Å². The Morgan fingerprint density at radius 3 is 2.14 bits per heavy atom. The highest BCUT2D eigenvalue weighted by atomic mass is 32.2. The molecule has 0 amide bonds. The van der Waals surface area contributed by atoms with E-state index in [-0.39, 0.29) is 24.1 Å². The van der Waals surface area contributed by atoms with Gasteiger partial charge in [0.2, 0.25) is 0 Å². The fourth-order valence-electron chi connectivity index (χ4n) is 2.92. The minimum atomic E-state index is -3.14. The lowest BCUT2D eigenvalue weighted by molar-refractivity contribution is 0.00180. The van der Waals surface area contributed by atoms with Crippen molar-refractivity contribution in [3.8, 4) is 0 Å². The molecule has 0 fully saturated rings. The third kappa shape index (κ3) is 7.06. The molecule has 0 radical (unpaired) electrons. The van der Waals surface area contributed by atoms with Crippen molar-refractivity contribution in [2.24, 2.45) is 0 Å². The van der Waals surface area contributed by atoms with Gasteiger partial charge in [0, 0.05) is 18.2 Å². The third-order valence-electron chi connectivity index (χ3n) is 4.55. The molecule has 2 aromatic carbocycles. The van der Waals surface area contributed by atoms with Gasteiger partial charge in [0.15, 0.2) is 15.6 Å². The Kier molecular flexibility index (Phi) is 8.15. The summed E-state index contributed by atoms with van der Waals surface area (Å²) in [7, 11) is -3.14. The highest BCUT2D eigenvalue weighted by Crippen LogP contribution is 2.27. The molecule has 0 unspecified atom stereocenters. The van der Waals surface area contributed by atoms with Gasteiger partial charge in [0.05, 0.1) is 18.0 Å². The van der Waals surface area contributed by atoms with Crippen LogP contribution >= 0.6 is 0 Å². The quantitative estimate of drug-likeness (QED) is 0.425. The molecular weight excluding hydrogens is 372 g/mol. The van der Waals surface area contributed by atoms with Crippen LogP contribution in [0.2, 0.25) is 0 Å². The molecular formula is C23H28O4S. The van der Waals surface area contributed by atoms with Gasteiger partial charge in [-0.2, -0.15) is 0 Å². The molecule has 2 atom stereocenters. The van der Waals surface area contributed by atoms with Crippen LogP contribution in [-0.4, -0.2) is 32.3 Å². The lowest BCUT2D eigenvalue weighted by Crippen LogP contribution is -2.22. The van der Waals surface area contributed by atoms with Crippen LogP contribution in [0.3, 0.4) is 0 Å². The number of Topliss-reactive ketones (excluding diaryl/α,β-unsaturated/α-hetero) is 1. The summed E-state index contributed by atoms with van der Waals surface area (Å²) in [5.41, 5.74) is 2.42. The molecule has 0 aliphatic rings. The molecule has 2 aromatic rings. The van der Waals surface area contributed by atoms with Crippen LogP contribution < -0.4 is 0 Å². The maximum absolute atomic E-state index is 12.7. The highest BCUT2D eigenvalue weighted by Gasteiger charge is 2.22. The molecule has 2 rings (SSSR count). The van der Waals surface area contributed by atoms with Crippen LogP contribution in [0.1, 0.15) is 48.7 Å². The van der Waals surface area contributed by atoms with Gasteiger partial charge >= 0.3 is 0 Å². The molecule has 0 heterocycles. The summed E-state index contributed by atoms with van der Waals surface area (Å²) in [5, 5.41) is 0. The number of hydrogen-bond donors (Lipinski definition) is 0. The molecule has 0 bridgehead atoms. The molecule has 0 N–H and O–H groups in total. The van der Waals surface area contributed by atoms with E-state index in [1.54, 1.807) is 18.2 Å². The number of ether oxygens (including phenoxy) is 1. The van der Waals surface area contributed by atoms with Crippen LogP contribution in [0, 0.1) is 0 Å². The van der Waals surface area contributed by atoms with Gasteiger partial charge in [-0.1, -0.05) is 73.7 Å². The second-order valence-electron chi connectivity index (χ2n) is 6.97. The summed E-state index contributed by atoms with van der Waals surface area (Å²) in [4.78, 5) is 12.7. The molecule has 150 valence electrons. The van der Waals surface area contributed by atoms with E-state index >= 15 is 0 Å². The predicted octanol–water partition coefficient (Wildman–Crippen LogP) is 4.79. The molecule has 28 heavy (non-hydrogen) atoms. The summed E-state index contributed by atoms with van der Waals surface area (Å²) in [5.74, 6) is -0.0963. The summed E-state index contributed by atoms with van der Waals surface area (Å²) in [6.07, 6.45) is 3.10. The zero-order valence-corrected chi connectivity index (χ0v) is 17.5. The van der Waals surface area contributed by atoms with Crippen molar-refractivity contribution >= 4 is 15.6 Å². The van der Waals surface area contributed by atoms with Crippen molar-refractivity contribution in [3.05, 3.63) is 83.4 Å². The number of sulfone groups is 1. The van der Waals surface area contributed by atoms with Crippen molar-refractivity contribution in [3.63, 3.8) is 0 Å². The fourth-order valence-corrected chi connectivity index (χ4v) is 3.48. The Morgan fingerprint density at radius 2 is 1.61 bits per heavy atom. The van der Waals surface area contributed by atoms with Crippen LogP contribution in [0.5, 0.6) is 0 Å². The minimum Gasteiger partial charge on any atom is -0.366 e. The Labute approximate surface area is 168 Å². The molecule has 0 spiro atoms. The van der Waals surface area contributed by atoms with Crippen molar-refractivity contribution in [2.75, 3.05) is 12.0 Å². The molecule has 0 aliphatic carbocycles. The van der Waals surface area contributed by atoms with E-state index < -0.39 is 15.9 Å². The molecule has 0 saturated carbocycles. The first-order chi connectivity index (χ1) is 13.3. The molecule has 5 heteroatoms. The summed E-state index contributed by atoms with van der Waals surface area (Å²) < 4.78 is 29.4. The number of rotatable bonds is 10. The summed E-state index contributed by atoms with van der Waals surface area (Å²) in [6.45, 7) is 3.86. The van der Waals surface area contributed by atoms with Crippen molar-refractivity contribution in [1.29, 1.82) is 0 Å². The van der Waals surface area contributed by atoms with Gasteiger partial charge in [0.25, 0.3) is 0 Å². The van der Waals surface area contributed by atoms with E-state index in [0.29, 0.717) is 5.56 Å². The Bertz CT molecular complexity index is 887. The first-order valence-corrected chi connectivity index (χ1v) is 11.5. The first-order valence-electron chi connectivity index (χ1n) is 9.43. The number of benzene rings is 2. The largest absolute Gasteiger partial charge is 0.366 e. The molecule has 0 saturated heterocycles. The summed E-state index contributed by atoms with van der Waals surface area (Å²) in [6, 6.07) is 18.9. The van der Waals surface area contributed by atoms with E-state index in [9.17, 15) is 13.2 Å². The normalized spacial score (nSPS) is 14.5. The lowest BCUT2D eigenvalue weighted by Gasteiger charge is -2.25. The second kappa shape index (κ2) is 10.3. The number of hydrogen-bond acceptors (Lipinski definition) is 4. The van der Waals surface area contributed by atoms with Crippen LogP contribution in [0.25, 0.3) is 0 Å². The zero-order valence-electron chi connectivity index (χ0n) is 16.7. The van der Waals surface area contributed by atoms with Gasteiger partial charge in [-0.05, 0) is 24.5 Å². The first kappa shape index (κ1) is 22.1. The van der Waals surface area contributed by atoms with E-state index in [4.69, 9.17) is 4.74 Å². The molecule has 0 aliphatic heterocycles. The fraction of sp³-hybridized carbons (Fsp3) is 0.348. The Morgan fingerprint density at radius 1 is 1.04 bits per heavy atom. The molecule has 0 aromatic heterocycles. The van der Waals surface area contributed by atoms with Crippen molar-refractivity contribution in [1.82, 2.24) is 0 Å². The number of carbonyl (C=O) groups is 1. The van der Waals surface area contributed by atoms with Crippen molar-refractivity contribution in [2.45, 2.75) is 38.9 Å². The predicted molar refractivity (Wildman–Crippen MR) is 113 cm³/mol. The van der Waals surface area contributed by atoms with Crippen molar-refractivity contribution < 1.29 is 17.9 Å². The third-order valence-corrected chi connectivity index (χ3v) is 5.33. The van der Waals surface area contributed by atoms with Gasteiger partial charge in [-0.3, -0.25) is 4.79 Å². The smallest absolute Gasteiger partial charge is 0.165 e. The average molecular weight is 401 g/mol. The second-order valence-corrected chi connectivity index (χ2v) is 9.15.